The van der Waals surface area contributed by atoms with Crippen LogP contribution in [0.15, 0.2) is 24.3 Å². The summed E-state index contributed by atoms with van der Waals surface area (Å²) in [5, 5.41) is 0. The molecule has 0 bridgehead atoms. The molecule has 0 spiro atoms. The summed E-state index contributed by atoms with van der Waals surface area (Å²) in [6, 6.07) is 0. The van der Waals surface area contributed by atoms with Crippen LogP contribution in [0.25, 0.3) is 0 Å². The first-order chi connectivity index (χ1) is 7.80. The quantitative estimate of drug-likeness (QED) is 0.398. The van der Waals surface area contributed by atoms with Gasteiger partial charge in [0.1, 0.15) is 6.61 Å². The zero-order valence-corrected chi connectivity index (χ0v) is 10.4. The molecule has 1 aliphatic heterocycles. The lowest BCUT2D eigenvalue weighted by Gasteiger charge is -2.18. The second-order valence-electron chi connectivity index (χ2n) is 4.32. The fraction of sp³-hybridized carbons (Fsp3) is 0.500. The molecule has 0 aliphatic carbocycles. The summed E-state index contributed by atoms with van der Waals surface area (Å²) in [7, 11) is 3.26. The summed E-state index contributed by atoms with van der Waals surface area (Å²) in [4.78, 5) is 24.3. The fourth-order valence-electron chi connectivity index (χ4n) is 1.20. The molecule has 1 heterocycles. The molecular formula is C12H17NO4. The Morgan fingerprint density at radius 3 is 2.29 bits per heavy atom. The van der Waals surface area contributed by atoms with Crippen molar-refractivity contribution in [1.82, 2.24) is 4.90 Å². The molecule has 0 aromatic heterocycles. The highest BCUT2D eigenvalue weighted by Gasteiger charge is 2.51. The van der Waals surface area contributed by atoms with Gasteiger partial charge >= 0.3 is 5.97 Å². The van der Waals surface area contributed by atoms with Crippen LogP contribution in [0.1, 0.15) is 6.92 Å². The van der Waals surface area contributed by atoms with Gasteiger partial charge < -0.3 is 14.4 Å². The first kappa shape index (κ1) is 13.4. The van der Waals surface area contributed by atoms with Crippen molar-refractivity contribution in [2.24, 2.45) is 0 Å². The van der Waals surface area contributed by atoms with Crippen LogP contribution in [-0.4, -0.2) is 49.7 Å². The molecular weight excluding hydrogens is 222 g/mol. The van der Waals surface area contributed by atoms with E-state index in [-0.39, 0.29) is 12.5 Å². The molecule has 5 nitrogen and oxygen atoms in total. The Hall–Kier alpha value is -1.62. The summed E-state index contributed by atoms with van der Waals surface area (Å²) in [6.45, 7) is 9.07. The number of hydrogen-bond donors (Lipinski definition) is 0. The molecule has 0 radical (unpaired) electrons. The predicted molar refractivity (Wildman–Crippen MR) is 62.3 cm³/mol. The Balaban J connectivity index is 2.59. The standard InChI is InChI=1S/C12H17NO4/c1-8(2)11(15)16-6-12(7-17-12)9(3)10(14)13(4)5/h1,3,6-7H2,2,4-5H3. The highest BCUT2D eigenvalue weighted by Crippen LogP contribution is 2.35. The SMILES string of the molecule is C=C(C)C(=O)OCC1(C(=C)C(=O)N(C)C)CO1. The Morgan fingerprint density at radius 1 is 1.41 bits per heavy atom. The number of amides is 1. The van der Waals surface area contributed by atoms with Gasteiger partial charge in [-0.2, -0.15) is 0 Å². The van der Waals surface area contributed by atoms with Crippen LogP contribution in [0.2, 0.25) is 0 Å². The zero-order valence-electron chi connectivity index (χ0n) is 10.4. The molecule has 17 heavy (non-hydrogen) atoms. The van der Waals surface area contributed by atoms with Gasteiger partial charge in [-0.05, 0) is 6.92 Å². The minimum absolute atomic E-state index is 0.00287. The lowest BCUT2D eigenvalue weighted by Crippen LogP contribution is -2.34. The number of epoxide rings is 1. The van der Waals surface area contributed by atoms with Gasteiger partial charge in [-0.25, -0.2) is 4.79 Å². The van der Waals surface area contributed by atoms with Gasteiger partial charge in [0, 0.05) is 25.2 Å². The predicted octanol–water partition coefficient (Wildman–Crippen LogP) is 0.519. The Kier molecular flexibility index (Phi) is 3.72. The van der Waals surface area contributed by atoms with Crippen LogP contribution in [0.3, 0.4) is 0 Å². The van der Waals surface area contributed by atoms with Crippen molar-refractivity contribution in [2.75, 3.05) is 27.3 Å². The third kappa shape index (κ3) is 2.94. The number of nitrogens with zero attached hydrogens (tertiary/aromatic N) is 1. The largest absolute Gasteiger partial charge is 0.459 e. The van der Waals surface area contributed by atoms with E-state index < -0.39 is 11.6 Å². The average molecular weight is 239 g/mol. The van der Waals surface area contributed by atoms with E-state index in [4.69, 9.17) is 9.47 Å². The van der Waals surface area contributed by atoms with Crippen molar-refractivity contribution in [3.63, 3.8) is 0 Å². The van der Waals surface area contributed by atoms with Crippen LogP contribution in [0.5, 0.6) is 0 Å². The molecule has 1 saturated heterocycles. The number of carbonyl (C=O) groups is 2. The summed E-state index contributed by atoms with van der Waals surface area (Å²) in [5.74, 6) is -0.723. The van der Waals surface area contributed by atoms with Crippen LogP contribution < -0.4 is 0 Å². The number of rotatable bonds is 5. The lowest BCUT2D eigenvalue weighted by molar-refractivity contribution is -0.141. The summed E-state index contributed by atoms with van der Waals surface area (Å²) in [5.41, 5.74) is -0.228. The van der Waals surface area contributed by atoms with Crippen molar-refractivity contribution in [1.29, 1.82) is 0 Å². The van der Waals surface area contributed by atoms with E-state index >= 15 is 0 Å². The Morgan fingerprint density at radius 2 is 1.94 bits per heavy atom. The molecule has 0 aromatic rings. The van der Waals surface area contributed by atoms with E-state index in [0.29, 0.717) is 17.8 Å². The van der Waals surface area contributed by atoms with E-state index in [1.165, 1.54) is 4.90 Å². The molecule has 1 rings (SSSR count). The molecule has 0 aromatic carbocycles. The minimum Gasteiger partial charge on any atom is -0.459 e. The maximum absolute atomic E-state index is 11.7. The third-order valence-electron chi connectivity index (χ3n) is 2.49. The molecule has 1 fully saturated rings. The lowest BCUT2D eigenvalue weighted by atomic mass is 10.0. The molecule has 1 amide bonds. The Labute approximate surface area is 101 Å². The van der Waals surface area contributed by atoms with E-state index in [2.05, 4.69) is 13.2 Å². The number of likely N-dealkylation sites (N-methyl/N-ethyl adjacent to an activating group) is 1. The normalized spacial score (nSPS) is 21.6. The first-order valence-electron chi connectivity index (χ1n) is 5.18. The highest BCUT2D eigenvalue weighted by molar-refractivity contribution is 5.95. The second kappa shape index (κ2) is 4.71. The zero-order chi connectivity index (χ0) is 13.2. The van der Waals surface area contributed by atoms with Crippen molar-refractivity contribution in [3.8, 4) is 0 Å². The summed E-state index contributed by atoms with van der Waals surface area (Å²) in [6.07, 6.45) is 0. The van der Waals surface area contributed by atoms with Gasteiger partial charge in [0.05, 0.1) is 6.61 Å². The van der Waals surface area contributed by atoms with Gasteiger partial charge in [-0.1, -0.05) is 13.2 Å². The third-order valence-corrected chi connectivity index (χ3v) is 2.49. The monoisotopic (exact) mass is 239 g/mol. The van der Waals surface area contributed by atoms with E-state index in [1.54, 1.807) is 21.0 Å². The van der Waals surface area contributed by atoms with Gasteiger partial charge in [0.15, 0.2) is 5.60 Å². The average Bonchev–Trinajstić information content (AvgIpc) is 3.04. The molecule has 0 N–H and O–H groups in total. The van der Waals surface area contributed by atoms with Crippen molar-refractivity contribution < 1.29 is 19.1 Å². The molecule has 1 atom stereocenters. The number of hydrogen-bond acceptors (Lipinski definition) is 4. The van der Waals surface area contributed by atoms with Gasteiger partial charge in [-0.15, -0.1) is 0 Å². The van der Waals surface area contributed by atoms with Crippen molar-refractivity contribution >= 4 is 11.9 Å². The number of ether oxygens (including phenoxy) is 2. The topological polar surface area (TPSA) is 59.1 Å². The van der Waals surface area contributed by atoms with E-state index in [1.807, 2.05) is 0 Å². The Bertz CT molecular complexity index is 380. The van der Waals surface area contributed by atoms with Crippen LogP contribution >= 0.6 is 0 Å². The maximum Gasteiger partial charge on any atom is 0.333 e. The van der Waals surface area contributed by atoms with E-state index in [0.717, 1.165) is 0 Å². The molecule has 94 valence electrons. The van der Waals surface area contributed by atoms with E-state index in [9.17, 15) is 9.59 Å². The minimum atomic E-state index is -0.841. The van der Waals surface area contributed by atoms with Crippen LogP contribution in [0, 0.1) is 0 Å². The highest BCUT2D eigenvalue weighted by atomic mass is 16.6. The van der Waals surface area contributed by atoms with Crippen molar-refractivity contribution in [3.05, 3.63) is 24.3 Å². The molecule has 1 unspecified atom stereocenters. The molecule has 5 heteroatoms. The molecule has 1 aliphatic rings. The number of esters is 1. The van der Waals surface area contributed by atoms with Gasteiger partial charge in [0.25, 0.3) is 5.91 Å². The van der Waals surface area contributed by atoms with Gasteiger partial charge in [-0.3, -0.25) is 4.79 Å². The second-order valence-corrected chi connectivity index (χ2v) is 4.32. The van der Waals surface area contributed by atoms with Crippen LogP contribution in [0.4, 0.5) is 0 Å². The summed E-state index contributed by atoms with van der Waals surface area (Å²) >= 11 is 0. The maximum atomic E-state index is 11.7. The smallest absolute Gasteiger partial charge is 0.333 e. The molecule has 0 saturated carbocycles. The van der Waals surface area contributed by atoms with Gasteiger partial charge in [0.2, 0.25) is 0 Å². The fourth-order valence-corrected chi connectivity index (χ4v) is 1.20. The number of carbonyl (C=O) groups excluding carboxylic acids is 2. The van der Waals surface area contributed by atoms with Crippen molar-refractivity contribution in [2.45, 2.75) is 12.5 Å². The summed E-state index contributed by atoms with van der Waals surface area (Å²) < 4.78 is 10.2. The first-order valence-corrected chi connectivity index (χ1v) is 5.18. The van der Waals surface area contributed by atoms with Crippen LogP contribution in [-0.2, 0) is 19.1 Å².